The molecule has 1 fully saturated rings. The first-order valence-corrected chi connectivity index (χ1v) is 6.61. The monoisotopic (exact) mass is 205 g/mol. The molecule has 0 aromatic rings. The molecule has 1 aliphatic carbocycles. The highest BCUT2D eigenvalue weighted by molar-refractivity contribution is 7.37. The van der Waals surface area contributed by atoms with E-state index in [4.69, 9.17) is 10.6 Å². The van der Waals surface area contributed by atoms with E-state index >= 15 is 0 Å². The third kappa shape index (κ3) is 3.08. The molecule has 0 radical (unpaired) electrons. The Labute approximate surface area is 80.6 Å². The molecule has 0 aromatic carbocycles. The Kier molecular flexibility index (Phi) is 3.96. The fourth-order valence-electron chi connectivity index (χ4n) is 2.15. The SMILES string of the molecule is C[C@@H](CC[PH](=O)O)C1(N)CCCC1. The predicted octanol–water partition coefficient (Wildman–Crippen LogP) is 1.75. The molecule has 4 heteroatoms. The molecule has 1 aliphatic rings. The van der Waals surface area contributed by atoms with Crippen LogP contribution in [0.15, 0.2) is 0 Å². The molecule has 0 saturated heterocycles. The summed E-state index contributed by atoms with van der Waals surface area (Å²) in [5.74, 6) is 0.385. The van der Waals surface area contributed by atoms with Crippen molar-refractivity contribution in [2.24, 2.45) is 11.7 Å². The van der Waals surface area contributed by atoms with Crippen LogP contribution in [-0.4, -0.2) is 16.6 Å². The molecule has 3 nitrogen and oxygen atoms in total. The van der Waals surface area contributed by atoms with E-state index in [1.165, 1.54) is 12.8 Å². The fourth-order valence-corrected chi connectivity index (χ4v) is 2.83. The Balaban J connectivity index is 2.37. The van der Waals surface area contributed by atoms with Crippen LogP contribution in [0.3, 0.4) is 0 Å². The average Bonchev–Trinajstić information content (AvgIpc) is 2.49. The Morgan fingerprint density at radius 2 is 2.08 bits per heavy atom. The van der Waals surface area contributed by atoms with Gasteiger partial charge < -0.3 is 10.6 Å². The number of rotatable bonds is 4. The van der Waals surface area contributed by atoms with Crippen molar-refractivity contribution in [2.75, 3.05) is 6.16 Å². The second-order valence-electron chi connectivity index (χ2n) is 4.27. The minimum Gasteiger partial charge on any atom is -0.346 e. The summed E-state index contributed by atoms with van der Waals surface area (Å²) in [6.07, 6.45) is 5.83. The zero-order chi connectivity index (χ0) is 9.90. The quantitative estimate of drug-likeness (QED) is 0.687. The molecule has 2 atom stereocenters. The zero-order valence-corrected chi connectivity index (χ0v) is 9.25. The van der Waals surface area contributed by atoms with Gasteiger partial charge in [0.05, 0.1) is 0 Å². The maximum Gasteiger partial charge on any atom is 0.189 e. The van der Waals surface area contributed by atoms with Crippen LogP contribution < -0.4 is 5.73 Å². The average molecular weight is 205 g/mol. The van der Waals surface area contributed by atoms with Gasteiger partial charge in [-0.3, -0.25) is 4.57 Å². The van der Waals surface area contributed by atoms with E-state index in [-0.39, 0.29) is 5.54 Å². The number of hydrogen-bond donors (Lipinski definition) is 2. The fraction of sp³-hybridized carbons (Fsp3) is 1.00. The second kappa shape index (κ2) is 4.59. The van der Waals surface area contributed by atoms with Crippen LogP contribution in [0.25, 0.3) is 0 Å². The lowest BCUT2D eigenvalue weighted by atomic mass is 9.83. The van der Waals surface area contributed by atoms with E-state index in [1.54, 1.807) is 0 Å². The highest BCUT2D eigenvalue weighted by atomic mass is 31.1. The normalized spacial score (nSPS) is 25.8. The van der Waals surface area contributed by atoms with Crippen LogP contribution in [0.4, 0.5) is 0 Å². The minimum absolute atomic E-state index is 0.0443. The molecule has 78 valence electrons. The van der Waals surface area contributed by atoms with Gasteiger partial charge in [0.25, 0.3) is 0 Å². The molecule has 0 bridgehead atoms. The summed E-state index contributed by atoms with van der Waals surface area (Å²) < 4.78 is 10.6. The largest absolute Gasteiger partial charge is 0.346 e. The van der Waals surface area contributed by atoms with Gasteiger partial charge in [-0.15, -0.1) is 0 Å². The lowest BCUT2D eigenvalue weighted by Crippen LogP contribution is -2.43. The van der Waals surface area contributed by atoms with Crippen LogP contribution in [0.2, 0.25) is 0 Å². The number of nitrogens with two attached hydrogens (primary N) is 1. The van der Waals surface area contributed by atoms with E-state index < -0.39 is 8.03 Å². The van der Waals surface area contributed by atoms with E-state index in [2.05, 4.69) is 6.92 Å². The maximum atomic E-state index is 10.6. The standard InChI is InChI=1S/C9H20NO2P/c1-8(4-7-13(11)12)9(10)5-2-3-6-9/h8,13H,2-7,10H2,1H3,(H,11,12)/t8-/m0/s1. The van der Waals surface area contributed by atoms with Crippen molar-refractivity contribution in [2.45, 2.75) is 44.6 Å². The van der Waals surface area contributed by atoms with E-state index in [1.807, 2.05) is 0 Å². The van der Waals surface area contributed by atoms with E-state index in [9.17, 15) is 4.57 Å². The van der Waals surface area contributed by atoms with Crippen molar-refractivity contribution in [1.82, 2.24) is 0 Å². The molecule has 1 rings (SSSR count). The van der Waals surface area contributed by atoms with E-state index in [0.29, 0.717) is 12.1 Å². The topological polar surface area (TPSA) is 63.3 Å². The van der Waals surface area contributed by atoms with Gasteiger partial charge in [-0.1, -0.05) is 19.8 Å². The third-order valence-corrected chi connectivity index (χ3v) is 4.02. The third-order valence-electron chi connectivity index (χ3n) is 3.31. The first-order valence-electron chi connectivity index (χ1n) is 5.05. The van der Waals surface area contributed by atoms with E-state index in [0.717, 1.165) is 19.3 Å². The lowest BCUT2D eigenvalue weighted by molar-refractivity contribution is 0.288. The van der Waals surface area contributed by atoms with Crippen molar-refractivity contribution >= 4 is 8.03 Å². The van der Waals surface area contributed by atoms with Crippen LogP contribution in [-0.2, 0) is 4.57 Å². The molecule has 0 amide bonds. The molecule has 0 spiro atoms. The van der Waals surface area contributed by atoms with Crippen molar-refractivity contribution in [3.05, 3.63) is 0 Å². The molecule has 13 heavy (non-hydrogen) atoms. The Morgan fingerprint density at radius 1 is 1.54 bits per heavy atom. The highest BCUT2D eigenvalue weighted by Crippen LogP contribution is 2.36. The first-order chi connectivity index (χ1) is 6.04. The Hall–Kier alpha value is 0.150. The van der Waals surface area contributed by atoms with Crippen LogP contribution in [0.5, 0.6) is 0 Å². The summed E-state index contributed by atoms with van der Waals surface area (Å²) in [5, 5.41) is 0. The maximum absolute atomic E-state index is 10.6. The molecule has 1 saturated carbocycles. The van der Waals surface area contributed by atoms with Crippen LogP contribution in [0, 0.1) is 5.92 Å². The Bertz CT molecular complexity index is 190. The summed E-state index contributed by atoms with van der Waals surface area (Å²) in [4.78, 5) is 8.73. The van der Waals surface area contributed by atoms with Gasteiger partial charge in [0.2, 0.25) is 0 Å². The summed E-state index contributed by atoms with van der Waals surface area (Å²) in [6, 6.07) is 0. The lowest BCUT2D eigenvalue weighted by Gasteiger charge is -2.31. The summed E-state index contributed by atoms with van der Waals surface area (Å²) in [6.45, 7) is 2.11. The van der Waals surface area contributed by atoms with Gasteiger partial charge in [0, 0.05) is 11.7 Å². The molecular formula is C9H20NO2P. The van der Waals surface area contributed by atoms with Gasteiger partial charge in [0.1, 0.15) is 0 Å². The molecule has 1 unspecified atom stereocenters. The van der Waals surface area contributed by atoms with Crippen molar-refractivity contribution < 1.29 is 9.46 Å². The molecule has 0 aliphatic heterocycles. The molecular weight excluding hydrogens is 185 g/mol. The van der Waals surface area contributed by atoms with Gasteiger partial charge in [-0.05, 0) is 25.2 Å². The van der Waals surface area contributed by atoms with Crippen molar-refractivity contribution in [1.29, 1.82) is 0 Å². The van der Waals surface area contributed by atoms with Crippen LogP contribution in [0.1, 0.15) is 39.0 Å². The van der Waals surface area contributed by atoms with Crippen molar-refractivity contribution in [3.8, 4) is 0 Å². The minimum atomic E-state index is -2.29. The first kappa shape index (κ1) is 11.2. The van der Waals surface area contributed by atoms with Gasteiger partial charge >= 0.3 is 0 Å². The highest BCUT2D eigenvalue weighted by Gasteiger charge is 2.34. The second-order valence-corrected chi connectivity index (χ2v) is 5.56. The summed E-state index contributed by atoms with van der Waals surface area (Å²) in [5.41, 5.74) is 6.17. The molecule has 3 N–H and O–H groups in total. The van der Waals surface area contributed by atoms with Gasteiger partial charge in [0.15, 0.2) is 8.03 Å². The summed E-state index contributed by atoms with van der Waals surface area (Å²) >= 11 is 0. The summed E-state index contributed by atoms with van der Waals surface area (Å²) in [7, 11) is -2.29. The molecule has 0 aromatic heterocycles. The van der Waals surface area contributed by atoms with Crippen molar-refractivity contribution in [3.63, 3.8) is 0 Å². The van der Waals surface area contributed by atoms with Gasteiger partial charge in [-0.25, -0.2) is 0 Å². The zero-order valence-electron chi connectivity index (χ0n) is 8.25. The number of hydrogen-bond acceptors (Lipinski definition) is 2. The van der Waals surface area contributed by atoms with Crippen LogP contribution >= 0.6 is 8.03 Å². The van der Waals surface area contributed by atoms with Gasteiger partial charge in [-0.2, -0.15) is 0 Å². The molecule has 0 heterocycles. The predicted molar refractivity (Wildman–Crippen MR) is 55.3 cm³/mol. The smallest absolute Gasteiger partial charge is 0.189 e. The Morgan fingerprint density at radius 3 is 2.54 bits per heavy atom.